The van der Waals surface area contributed by atoms with Crippen LogP contribution >= 0.6 is 11.6 Å². The molecule has 2 nitrogen and oxygen atoms in total. The van der Waals surface area contributed by atoms with Gasteiger partial charge in [0.25, 0.3) is 0 Å². The molecular formula is C13H19ClN2. The second-order valence-electron chi connectivity index (χ2n) is 4.72. The largest absolute Gasteiger partial charge is 0.327 e. The van der Waals surface area contributed by atoms with Gasteiger partial charge < -0.3 is 5.73 Å². The van der Waals surface area contributed by atoms with Crippen molar-refractivity contribution in [3.63, 3.8) is 0 Å². The highest BCUT2D eigenvalue weighted by Crippen LogP contribution is 2.26. The van der Waals surface area contributed by atoms with Crippen molar-refractivity contribution in [1.29, 1.82) is 0 Å². The molecule has 1 aliphatic rings. The predicted molar refractivity (Wildman–Crippen MR) is 67.5 cm³/mol. The Balaban J connectivity index is 1.93. The van der Waals surface area contributed by atoms with Gasteiger partial charge >= 0.3 is 0 Å². The van der Waals surface area contributed by atoms with Crippen molar-refractivity contribution < 1.29 is 0 Å². The first kappa shape index (κ1) is 11.9. The summed E-state index contributed by atoms with van der Waals surface area (Å²) in [7, 11) is 0. The predicted octanol–water partition coefficient (Wildman–Crippen LogP) is 3.19. The number of nitrogens with zero attached hydrogens (tertiary/aromatic N) is 1. The lowest BCUT2D eigenvalue weighted by Crippen LogP contribution is -2.33. The van der Waals surface area contributed by atoms with Gasteiger partial charge in [-0.15, -0.1) is 0 Å². The Morgan fingerprint density at radius 3 is 2.75 bits per heavy atom. The molecule has 3 heteroatoms. The van der Waals surface area contributed by atoms with Crippen LogP contribution < -0.4 is 5.73 Å². The number of hydrogen-bond donors (Lipinski definition) is 1. The number of aromatic nitrogens is 1. The molecule has 0 bridgehead atoms. The van der Waals surface area contributed by atoms with E-state index in [-0.39, 0.29) is 6.04 Å². The molecule has 1 atom stereocenters. The van der Waals surface area contributed by atoms with Gasteiger partial charge in [-0.25, -0.2) is 4.98 Å². The van der Waals surface area contributed by atoms with Gasteiger partial charge in [0.05, 0.1) is 0 Å². The molecule has 1 aliphatic carbocycles. The Hall–Kier alpha value is -0.600. The summed E-state index contributed by atoms with van der Waals surface area (Å²) in [5.41, 5.74) is 7.27. The maximum absolute atomic E-state index is 6.25. The molecule has 88 valence electrons. The highest BCUT2D eigenvalue weighted by Gasteiger charge is 2.20. The van der Waals surface area contributed by atoms with E-state index in [1.54, 1.807) is 6.07 Å². The topological polar surface area (TPSA) is 38.9 Å². The van der Waals surface area contributed by atoms with E-state index in [0.29, 0.717) is 11.1 Å². The van der Waals surface area contributed by atoms with Gasteiger partial charge in [-0.3, -0.25) is 0 Å². The molecule has 2 rings (SSSR count). The molecule has 0 amide bonds. The highest BCUT2D eigenvalue weighted by molar-refractivity contribution is 6.29. The van der Waals surface area contributed by atoms with Crippen LogP contribution in [0, 0.1) is 5.92 Å². The number of hydrogen-bond acceptors (Lipinski definition) is 2. The molecule has 0 aliphatic heterocycles. The average Bonchev–Trinajstić information content (AvgIpc) is 2.30. The van der Waals surface area contributed by atoms with E-state index >= 15 is 0 Å². The van der Waals surface area contributed by atoms with Gasteiger partial charge in [-0.05, 0) is 30.9 Å². The molecule has 0 radical (unpaired) electrons. The monoisotopic (exact) mass is 238 g/mol. The molecular weight excluding hydrogens is 220 g/mol. The van der Waals surface area contributed by atoms with Gasteiger partial charge in [0.15, 0.2) is 0 Å². The Morgan fingerprint density at radius 1 is 1.31 bits per heavy atom. The van der Waals surface area contributed by atoms with Crippen molar-refractivity contribution in [3.8, 4) is 0 Å². The van der Waals surface area contributed by atoms with Crippen molar-refractivity contribution in [2.24, 2.45) is 11.7 Å². The molecule has 1 aromatic heterocycles. The van der Waals surface area contributed by atoms with Gasteiger partial charge in [0, 0.05) is 18.2 Å². The molecule has 1 aromatic rings. The summed E-state index contributed by atoms with van der Waals surface area (Å²) in [4.78, 5) is 4.29. The van der Waals surface area contributed by atoms with E-state index in [0.717, 1.165) is 12.1 Å². The fourth-order valence-corrected chi connectivity index (χ4v) is 2.72. The lowest BCUT2D eigenvalue weighted by atomic mass is 9.82. The third-order valence-corrected chi connectivity index (χ3v) is 3.68. The van der Waals surface area contributed by atoms with Gasteiger partial charge in [0.2, 0.25) is 0 Å². The fraction of sp³-hybridized carbons (Fsp3) is 0.615. The second kappa shape index (κ2) is 5.65. The molecule has 0 spiro atoms. The van der Waals surface area contributed by atoms with E-state index in [1.807, 2.05) is 12.1 Å². The van der Waals surface area contributed by atoms with Crippen molar-refractivity contribution >= 4 is 11.6 Å². The van der Waals surface area contributed by atoms with Crippen LogP contribution in [-0.4, -0.2) is 11.0 Å². The zero-order valence-electron chi connectivity index (χ0n) is 9.53. The lowest BCUT2D eigenvalue weighted by molar-refractivity contribution is 0.302. The summed E-state index contributed by atoms with van der Waals surface area (Å²) >= 11 is 5.86. The Labute approximate surface area is 102 Å². The van der Waals surface area contributed by atoms with E-state index < -0.39 is 0 Å². The van der Waals surface area contributed by atoms with Gasteiger partial charge in [-0.2, -0.15) is 0 Å². The van der Waals surface area contributed by atoms with E-state index in [9.17, 15) is 0 Å². The normalized spacial score (nSPS) is 19.6. The number of halogens is 1. The van der Waals surface area contributed by atoms with Crippen LogP contribution in [0.15, 0.2) is 18.2 Å². The quantitative estimate of drug-likeness (QED) is 0.822. The standard InChI is InChI=1S/C13H19ClN2/c14-13-8-4-7-11(16-13)9-12(15)10-5-2-1-3-6-10/h4,7-8,10,12H,1-3,5-6,9,15H2. The molecule has 2 N–H and O–H groups in total. The third kappa shape index (κ3) is 3.19. The number of rotatable bonds is 3. The third-order valence-electron chi connectivity index (χ3n) is 3.47. The molecule has 1 fully saturated rings. The molecule has 1 saturated carbocycles. The van der Waals surface area contributed by atoms with Crippen LogP contribution in [0.25, 0.3) is 0 Å². The first-order valence-corrected chi connectivity index (χ1v) is 6.50. The average molecular weight is 239 g/mol. The molecule has 1 heterocycles. The fourth-order valence-electron chi connectivity index (χ4n) is 2.53. The van der Waals surface area contributed by atoms with Crippen LogP contribution in [0.1, 0.15) is 37.8 Å². The minimum absolute atomic E-state index is 0.242. The summed E-state index contributed by atoms with van der Waals surface area (Å²) in [5.74, 6) is 0.675. The Kier molecular flexibility index (Phi) is 4.19. The van der Waals surface area contributed by atoms with Gasteiger partial charge in [0.1, 0.15) is 5.15 Å². The Morgan fingerprint density at radius 2 is 2.06 bits per heavy atom. The maximum atomic E-state index is 6.25. The number of nitrogens with two attached hydrogens (primary N) is 1. The van der Waals surface area contributed by atoms with Crippen LogP contribution in [0.4, 0.5) is 0 Å². The summed E-state index contributed by atoms with van der Waals surface area (Å²) < 4.78 is 0. The summed E-state index contributed by atoms with van der Waals surface area (Å²) in [6.07, 6.45) is 7.45. The van der Waals surface area contributed by atoms with Crippen LogP contribution in [0.5, 0.6) is 0 Å². The maximum Gasteiger partial charge on any atom is 0.129 e. The van der Waals surface area contributed by atoms with Gasteiger partial charge in [-0.1, -0.05) is 36.9 Å². The van der Waals surface area contributed by atoms with E-state index in [2.05, 4.69) is 4.98 Å². The van der Waals surface area contributed by atoms with Crippen LogP contribution in [-0.2, 0) is 6.42 Å². The first-order valence-electron chi connectivity index (χ1n) is 6.13. The minimum atomic E-state index is 0.242. The second-order valence-corrected chi connectivity index (χ2v) is 5.10. The van der Waals surface area contributed by atoms with Crippen LogP contribution in [0.3, 0.4) is 0 Å². The SMILES string of the molecule is NC(Cc1cccc(Cl)n1)C1CCCCC1. The number of pyridine rings is 1. The molecule has 0 aromatic carbocycles. The zero-order valence-corrected chi connectivity index (χ0v) is 10.3. The van der Waals surface area contributed by atoms with Crippen molar-refractivity contribution in [1.82, 2.24) is 4.98 Å². The smallest absolute Gasteiger partial charge is 0.129 e. The molecule has 16 heavy (non-hydrogen) atoms. The van der Waals surface area contributed by atoms with Crippen molar-refractivity contribution in [2.45, 2.75) is 44.6 Å². The summed E-state index contributed by atoms with van der Waals surface area (Å²) in [6, 6.07) is 6.00. The minimum Gasteiger partial charge on any atom is -0.327 e. The van der Waals surface area contributed by atoms with E-state index in [4.69, 9.17) is 17.3 Å². The molecule has 0 saturated heterocycles. The molecule has 1 unspecified atom stereocenters. The summed E-state index contributed by atoms with van der Waals surface area (Å²) in [6.45, 7) is 0. The highest BCUT2D eigenvalue weighted by atomic mass is 35.5. The Bertz CT molecular complexity index is 334. The lowest BCUT2D eigenvalue weighted by Gasteiger charge is -2.27. The summed E-state index contributed by atoms with van der Waals surface area (Å²) in [5, 5.41) is 0.563. The van der Waals surface area contributed by atoms with Crippen molar-refractivity contribution in [2.75, 3.05) is 0 Å². The zero-order chi connectivity index (χ0) is 11.4. The van der Waals surface area contributed by atoms with E-state index in [1.165, 1.54) is 32.1 Å². The van der Waals surface area contributed by atoms with Crippen molar-refractivity contribution in [3.05, 3.63) is 29.0 Å². The first-order chi connectivity index (χ1) is 7.75. The van der Waals surface area contributed by atoms with Crippen LogP contribution in [0.2, 0.25) is 5.15 Å².